The van der Waals surface area contributed by atoms with Crippen molar-refractivity contribution < 1.29 is 17.9 Å². The van der Waals surface area contributed by atoms with Crippen LogP contribution in [0.25, 0.3) is 0 Å². The minimum Gasteiger partial charge on any atom is -0.465 e. The molecule has 1 aliphatic rings. The van der Waals surface area contributed by atoms with Crippen LogP contribution in [0.3, 0.4) is 0 Å². The molecule has 0 spiro atoms. The van der Waals surface area contributed by atoms with E-state index in [-0.39, 0.29) is 29.4 Å². The second-order valence-corrected chi connectivity index (χ2v) is 8.11. The number of ether oxygens (including phenoxy) is 1. The Hall–Kier alpha value is -1.64. The van der Waals surface area contributed by atoms with E-state index < -0.39 is 22.0 Å². The third-order valence-corrected chi connectivity index (χ3v) is 6.65. The minimum absolute atomic E-state index is 0. The van der Waals surface area contributed by atoms with Crippen LogP contribution in [0.4, 0.5) is 0 Å². The van der Waals surface area contributed by atoms with Gasteiger partial charge in [0.25, 0.3) is 0 Å². The first-order valence-corrected chi connectivity index (χ1v) is 9.93. The van der Waals surface area contributed by atoms with E-state index in [1.807, 2.05) is 12.1 Å². The Morgan fingerprint density at radius 3 is 2.56 bits per heavy atom. The number of methoxy groups -OCH3 is 1. The lowest BCUT2D eigenvalue weighted by Gasteiger charge is -2.36. The summed E-state index contributed by atoms with van der Waals surface area (Å²) in [6, 6.07) is 12.8. The molecule has 146 valence electrons. The van der Waals surface area contributed by atoms with E-state index in [1.165, 1.54) is 23.5 Å². The lowest BCUT2D eigenvalue weighted by Crippen LogP contribution is -2.48. The molecule has 1 saturated heterocycles. The number of nitrogens with one attached hydrogen (secondary N) is 1. The number of halogens is 2. The van der Waals surface area contributed by atoms with Gasteiger partial charge in [-0.15, -0.1) is 12.4 Å². The van der Waals surface area contributed by atoms with Gasteiger partial charge in [0.2, 0.25) is 10.0 Å². The van der Waals surface area contributed by atoms with Crippen molar-refractivity contribution in [3.8, 4) is 0 Å². The molecule has 0 radical (unpaired) electrons. The molecule has 1 atom stereocenters. The fraction of sp³-hybridized carbons (Fsp3) is 0.278. The van der Waals surface area contributed by atoms with Gasteiger partial charge in [0, 0.05) is 24.7 Å². The van der Waals surface area contributed by atoms with Gasteiger partial charge in [-0.3, -0.25) is 0 Å². The number of rotatable bonds is 4. The molecule has 1 fully saturated rings. The molecule has 2 aromatic rings. The van der Waals surface area contributed by atoms with Crippen molar-refractivity contribution in [3.63, 3.8) is 0 Å². The van der Waals surface area contributed by atoms with E-state index in [0.29, 0.717) is 18.1 Å². The summed E-state index contributed by atoms with van der Waals surface area (Å²) >= 11 is 6.30. The quantitative estimate of drug-likeness (QED) is 0.754. The second kappa shape index (κ2) is 9.03. The highest BCUT2D eigenvalue weighted by Gasteiger charge is 2.37. The largest absolute Gasteiger partial charge is 0.465 e. The monoisotopic (exact) mass is 430 g/mol. The number of carbonyl (C=O) groups is 1. The van der Waals surface area contributed by atoms with Gasteiger partial charge in [0.15, 0.2) is 0 Å². The topological polar surface area (TPSA) is 75.7 Å². The number of carbonyl (C=O) groups excluding carboxylic acids is 1. The van der Waals surface area contributed by atoms with Crippen molar-refractivity contribution in [2.24, 2.45) is 0 Å². The zero-order valence-electron chi connectivity index (χ0n) is 14.6. The van der Waals surface area contributed by atoms with Crippen LogP contribution < -0.4 is 5.32 Å². The number of piperazine rings is 1. The van der Waals surface area contributed by atoms with Crippen LogP contribution in [0, 0.1) is 0 Å². The third kappa shape index (κ3) is 4.28. The van der Waals surface area contributed by atoms with Crippen LogP contribution in [0.15, 0.2) is 53.4 Å². The highest BCUT2D eigenvalue weighted by atomic mass is 35.5. The fourth-order valence-electron chi connectivity index (χ4n) is 3.08. The van der Waals surface area contributed by atoms with Crippen molar-refractivity contribution in [2.45, 2.75) is 10.9 Å². The summed E-state index contributed by atoms with van der Waals surface area (Å²) in [6.07, 6.45) is 0. The van der Waals surface area contributed by atoms with Crippen molar-refractivity contribution in [1.29, 1.82) is 0 Å². The predicted molar refractivity (Wildman–Crippen MR) is 106 cm³/mol. The number of benzene rings is 2. The van der Waals surface area contributed by atoms with Gasteiger partial charge >= 0.3 is 5.97 Å². The summed E-state index contributed by atoms with van der Waals surface area (Å²) in [5, 5.41) is 3.71. The molecular weight excluding hydrogens is 411 g/mol. The second-order valence-electron chi connectivity index (χ2n) is 5.84. The van der Waals surface area contributed by atoms with Gasteiger partial charge in [-0.05, 0) is 23.8 Å². The Kier molecular flexibility index (Phi) is 7.25. The summed E-state index contributed by atoms with van der Waals surface area (Å²) in [5.74, 6) is -0.686. The van der Waals surface area contributed by atoms with E-state index >= 15 is 0 Å². The van der Waals surface area contributed by atoms with Gasteiger partial charge in [-0.1, -0.05) is 41.9 Å². The molecule has 1 N–H and O–H groups in total. The molecular formula is C18H20Cl2N2O4S. The maximum absolute atomic E-state index is 13.4. The molecule has 0 aromatic heterocycles. The van der Waals surface area contributed by atoms with Crippen molar-refractivity contribution >= 4 is 40.0 Å². The highest BCUT2D eigenvalue weighted by molar-refractivity contribution is 7.89. The molecule has 3 rings (SSSR count). The van der Waals surface area contributed by atoms with Crippen molar-refractivity contribution in [2.75, 3.05) is 26.7 Å². The summed E-state index contributed by atoms with van der Waals surface area (Å²) in [6.45, 7) is 1.22. The van der Waals surface area contributed by atoms with Crippen LogP contribution in [-0.4, -0.2) is 45.4 Å². The maximum Gasteiger partial charge on any atom is 0.339 e. The van der Waals surface area contributed by atoms with E-state index in [0.717, 1.165) is 5.56 Å². The maximum atomic E-state index is 13.4. The van der Waals surface area contributed by atoms with Crippen LogP contribution in [0.5, 0.6) is 0 Å². The third-order valence-electron chi connectivity index (χ3n) is 4.34. The minimum atomic E-state index is -3.93. The average molecular weight is 431 g/mol. The number of esters is 1. The summed E-state index contributed by atoms with van der Waals surface area (Å²) in [5.41, 5.74) is 0.743. The van der Waals surface area contributed by atoms with E-state index in [2.05, 4.69) is 5.32 Å². The first-order chi connectivity index (χ1) is 12.5. The van der Waals surface area contributed by atoms with Crippen LogP contribution >= 0.6 is 24.0 Å². The molecule has 1 aliphatic heterocycles. The van der Waals surface area contributed by atoms with Gasteiger partial charge in [0.05, 0.1) is 23.6 Å². The first-order valence-electron chi connectivity index (χ1n) is 8.11. The SMILES string of the molecule is COC(=O)c1ccccc1S(=O)(=O)N1CCNCC1c1ccccc1Cl.Cl. The van der Waals surface area contributed by atoms with E-state index in [4.69, 9.17) is 16.3 Å². The Balaban J connectivity index is 0.00000261. The normalized spacial score (nSPS) is 17.8. The first kappa shape index (κ1) is 21.7. The lowest BCUT2D eigenvalue weighted by molar-refractivity contribution is 0.0596. The molecule has 0 amide bonds. The molecule has 1 unspecified atom stereocenters. The number of nitrogens with zero attached hydrogens (tertiary/aromatic N) is 1. The Labute approximate surface area is 169 Å². The van der Waals surface area contributed by atoms with Crippen LogP contribution in [0.1, 0.15) is 22.0 Å². The summed E-state index contributed by atoms with van der Waals surface area (Å²) in [4.78, 5) is 12.0. The van der Waals surface area contributed by atoms with Crippen LogP contribution in [-0.2, 0) is 14.8 Å². The van der Waals surface area contributed by atoms with Crippen molar-refractivity contribution in [3.05, 3.63) is 64.7 Å². The molecule has 9 heteroatoms. The standard InChI is InChI=1S/C18H19ClN2O4S.ClH/c1-25-18(22)14-7-3-5-9-17(14)26(23,24)21-11-10-20-12-16(21)13-6-2-4-8-15(13)19;/h2-9,16,20H,10-12H2,1H3;1H. The average Bonchev–Trinajstić information content (AvgIpc) is 2.67. The Morgan fingerprint density at radius 1 is 1.19 bits per heavy atom. The highest BCUT2D eigenvalue weighted by Crippen LogP contribution is 2.33. The molecule has 1 heterocycles. The molecule has 27 heavy (non-hydrogen) atoms. The number of hydrogen-bond donors (Lipinski definition) is 1. The zero-order chi connectivity index (χ0) is 18.7. The Morgan fingerprint density at radius 2 is 1.85 bits per heavy atom. The zero-order valence-corrected chi connectivity index (χ0v) is 17.0. The summed E-state index contributed by atoms with van der Waals surface area (Å²) in [7, 11) is -2.70. The van der Waals surface area contributed by atoms with E-state index in [1.54, 1.807) is 24.3 Å². The number of sulfonamides is 1. The Bertz CT molecular complexity index is 921. The van der Waals surface area contributed by atoms with Crippen molar-refractivity contribution in [1.82, 2.24) is 9.62 Å². The van der Waals surface area contributed by atoms with Gasteiger partial charge in [-0.25, -0.2) is 13.2 Å². The lowest BCUT2D eigenvalue weighted by atomic mass is 10.1. The molecule has 0 bridgehead atoms. The van der Waals surface area contributed by atoms with Gasteiger partial charge in [0.1, 0.15) is 0 Å². The molecule has 6 nitrogen and oxygen atoms in total. The van der Waals surface area contributed by atoms with E-state index in [9.17, 15) is 13.2 Å². The number of hydrogen-bond acceptors (Lipinski definition) is 5. The van der Waals surface area contributed by atoms with Crippen LogP contribution in [0.2, 0.25) is 5.02 Å². The smallest absolute Gasteiger partial charge is 0.339 e. The van der Waals surface area contributed by atoms with Gasteiger partial charge < -0.3 is 10.1 Å². The molecule has 0 saturated carbocycles. The molecule has 0 aliphatic carbocycles. The summed E-state index contributed by atoms with van der Waals surface area (Å²) < 4.78 is 32.9. The fourth-order valence-corrected chi connectivity index (χ4v) is 5.13. The molecule has 2 aromatic carbocycles. The van der Waals surface area contributed by atoms with Gasteiger partial charge in [-0.2, -0.15) is 4.31 Å². The predicted octanol–water partition coefficient (Wildman–Crippen LogP) is 2.88.